The topological polar surface area (TPSA) is 49.2 Å². The molecule has 0 saturated carbocycles. The van der Waals surface area contributed by atoms with Gasteiger partial charge in [-0.05, 0) is 32.9 Å². The molecule has 5 nitrogen and oxygen atoms in total. The first kappa shape index (κ1) is 13.4. The highest BCUT2D eigenvalue weighted by Gasteiger charge is 2.21. The second kappa shape index (κ2) is 4.91. The lowest BCUT2D eigenvalue weighted by molar-refractivity contribution is 0.389. The Labute approximate surface area is 113 Å². The molecule has 0 aliphatic heterocycles. The van der Waals surface area contributed by atoms with E-state index in [2.05, 4.69) is 31.0 Å². The van der Waals surface area contributed by atoms with Crippen LogP contribution in [-0.4, -0.2) is 29.0 Å². The fraction of sp³-hybridized carbons (Fsp3) is 0.429. The van der Waals surface area contributed by atoms with Gasteiger partial charge in [0.2, 0.25) is 0 Å². The van der Waals surface area contributed by atoms with Gasteiger partial charge in [0, 0.05) is 11.6 Å². The van der Waals surface area contributed by atoms with Gasteiger partial charge in [0.05, 0.1) is 19.8 Å². The number of hydrogen-bond acceptors (Lipinski definition) is 4. The number of benzene rings is 1. The smallest absolute Gasteiger partial charge is 0.167 e. The van der Waals surface area contributed by atoms with Crippen molar-refractivity contribution in [1.29, 1.82) is 0 Å². The molecule has 0 aliphatic carbocycles. The van der Waals surface area contributed by atoms with E-state index in [0.717, 1.165) is 22.9 Å². The van der Waals surface area contributed by atoms with Crippen LogP contribution in [0.4, 0.5) is 0 Å². The van der Waals surface area contributed by atoms with Crippen molar-refractivity contribution in [2.24, 2.45) is 0 Å². The first-order valence-corrected chi connectivity index (χ1v) is 6.10. The van der Waals surface area contributed by atoms with Gasteiger partial charge in [-0.3, -0.25) is 0 Å². The number of rotatable bonds is 3. The predicted octanol–water partition coefficient (Wildman–Crippen LogP) is 2.72. The van der Waals surface area contributed by atoms with Crippen molar-refractivity contribution < 1.29 is 9.47 Å². The maximum absolute atomic E-state index is 5.42. The molecule has 1 heterocycles. The number of ether oxygens (including phenoxy) is 2. The van der Waals surface area contributed by atoms with E-state index in [0.29, 0.717) is 0 Å². The van der Waals surface area contributed by atoms with Gasteiger partial charge in [-0.15, -0.1) is 10.2 Å². The Hall–Kier alpha value is -2.04. The van der Waals surface area contributed by atoms with Crippen molar-refractivity contribution in [3.8, 4) is 22.9 Å². The Morgan fingerprint density at radius 3 is 2.42 bits per heavy atom. The molecule has 0 saturated heterocycles. The molecule has 2 rings (SSSR count). The third-order valence-electron chi connectivity index (χ3n) is 2.92. The summed E-state index contributed by atoms with van der Waals surface area (Å²) < 4.78 is 12.6. The van der Waals surface area contributed by atoms with Crippen LogP contribution in [0.15, 0.2) is 24.5 Å². The van der Waals surface area contributed by atoms with Gasteiger partial charge in [0.15, 0.2) is 5.82 Å². The van der Waals surface area contributed by atoms with Crippen LogP contribution in [0.1, 0.15) is 20.8 Å². The highest BCUT2D eigenvalue weighted by atomic mass is 16.5. The van der Waals surface area contributed by atoms with Crippen LogP contribution in [0.5, 0.6) is 11.5 Å². The summed E-state index contributed by atoms with van der Waals surface area (Å²) in [4.78, 5) is 0. The lowest BCUT2D eigenvalue weighted by Gasteiger charge is -2.23. The van der Waals surface area contributed by atoms with E-state index in [1.807, 2.05) is 22.8 Å². The molecule has 0 atom stereocenters. The quantitative estimate of drug-likeness (QED) is 0.852. The fourth-order valence-corrected chi connectivity index (χ4v) is 1.89. The zero-order valence-electron chi connectivity index (χ0n) is 12.0. The number of hydrogen-bond donors (Lipinski definition) is 0. The number of nitrogens with zero attached hydrogens (tertiary/aromatic N) is 3. The zero-order chi connectivity index (χ0) is 14.0. The van der Waals surface area contributed by atoms with Crippen molar-refractivity contribution in [1.82, 2.24) is 14.8 Å². The predicted molar refractivity (Wildman–Crippen MR) is 73.6 cm³/mol. The Balaban J connectivity index is 2.56. The second-order valence-corrected chi connectivity index (χ2v) is 5.26. The first-order valence-electron chi connectivity index (χ1n) is 6.10. The third-order valence-corrected chi connectivity index (χ3v) is 2.92. The summed E-state index contributed by atoms with van der Waals surface area (Å²) in [6.07, 6.45) is 1.74. The molecule has 5 heteroatoms. The molecule has 0 aliphatic rings. The molecule has 0 unspecified atom stereocenters. The van der Waals surface area contributed by atoms with E-state index in [4.69, 9.17) is 9.47 Å². The van der Waals surface area contributed by atoms with Crippen LogP contribution >= 0.6 is 0 Å². The number of aromatic nitrogens is 3. The highest BCUT2D eigenvalue weighted by molar-refractivity contribution is 5.66. The second-order valence-electron chi connectivity index (χ2n) is 5.26. The molecule has 0 amide bonds. The van der Waals surface area contributed by atoms with Gasteiger partial charge >= 0.3 is 0 Å². The van der Waals surface area contributed by atoms with Crippen LogP contribution in [-0.2, 0) is 5.54 Å². The molecule has 0 spiro atoms. The van der Waals surface area contributed by atoms with E-state index in [9.17, 15) is 0 Å². The molecule has 102 valence electrons. The molecule has 1 aromatic carbocycles. The molecular formula is C14H19N3O2. The molecular weight excluding hydrogens is 242 g/mol. The Kier molecular flexibility index (Phi) is 3.46. The molecule has 0 bridgehead atoms. The van der Waals surface area contributed by atoms with Gasteiger partial charge in [0.1, 0.15) is 17.8 Å². The van der Waals surface area contributed by atoms with Crippen LogP contribution < -0.4 is 9.47 Å². The lowest BCUT2D eigenvalue weighted by Crippen LogP contribution is -2.22. The third kappa shape index (κ3) is 2.54. The van der Waals surface area contributed by atoms with Gasteiger partial charge in [-0.1, -0.05) is 0 Å². The summed E-state index contributed by atoms with van der Waals surface area (Å²) in [5, 5.41) is 8.22. The SMILES string of the molecule is COc1ccc(-c2nncn2C(C)(C)C)c(OC)c1. The van der Waals surface area contributed by atoms with E-state index in [1.54, 1.807) is 20.5 Å². The van der Waals surface area contributed by atoms with Crippen LogP contribution in [0.2, 0.25) is 0 Å². The van der Waals surface area contributed by atoms with E-state index < -0.39 is 0 Å². The van der Waals surface area contributed by atoms with Crippen molar-refractivity contribution in [3.05, 3.63) is 24.5 Å². The van der Waals surface area contributed by atoms with Gasteiger partial charge in [-0.2, -0.15) is 0 Å². The average molecular weight is 261 g/mol. The zero-order valence-corrected chi connectivity index (χ0v) is 12.0. The first-order chi connectivity index (χ1) is 8.97. The summed E-state index contributed by atoms with van der Waals surface area (Å²) in [5.41, 5.74) is 0.805. The lowest BCUT2D eigenvalue weighted by atomic mass is 10.1. The Morgan fingerprint density at radius 1 is 1.11 bits per heavy atom. The molecule has 0 radical (unpaired) electrons. The normalized spacial score (nSPS) is 11.4. The summed E-state index contributed by atoms with van der Waals surface area (Å²) in [7, 11) is 3.27. The molecule has 1 aromatic heterocycles. The summed E-state index contributed by atoms with van der Waals surface area (Å²) in [6, 6.07) is 5.67. The molecule has 0 N–H and O–H groups in total. The largest absolute Gasteiger partial charge is 0.497 e. The summed E-state index contributed by atoms with van der Waals surface area (Å²) in [5.74, 6) is 2.26. The Morgan fingerprint density at radius 2 is 1.84 bits per heavy atom. The molecule has 0 fully saturated rings. The van der Waals surface area contributed by atoms with Gasteiger partial charge in [-0.25, -0.2) is 0 Å². The Bertz CT molecular complexity index is 570. The van der Waals surface area contributed by atoms with Crippen molar-refractivity contribution in [2.75, 3.05) is 14.2 Å². The minimum Gasteiger partial charge on any atom is -0.497 e. The van der Waals surface area contributed by atoms with E-state index in [-0.39, 0.29) is 5.54 Å². The van der Waals surface area contributed by atoms with E-state index in [1.165, 1.54) is 0 Å². The minimum absolute atomic E-state index is 0.0935. The highest BCUT2D eigenvalue weighted by Crippen LogP contribution is 2.33. The van der Waals surface area contributed by atoms with Gasteiger partial charge in [0.25, 0.3) is 0 Å². The summed E-state index contributed by atoms with van der Waals surface area (Å²) in [6.45, 7) is 6.32. The molecule has 2 aromatic rings. The van der Waals surface area contributed by atoms with Gasteiger partial charge < -0.3 is 14.0 Å². The van der Waals surface area contributed by atoms with Crippen LogP contribution in [0, 0.1) is 0 Å². The maximum Gasteiger partial charge on any atom is 0.167 e. The fourth-order valence-electron chi connectivity index (χ4n) is 1.89. The average Bonchev–Trinajstić information content (AvgIpc) is 2.86. The monoisotopic (exact) mass is 261 g/mol. The minimum atomic E-state index is -0.0935. The van der Waals surface area contributed by atoms with Crippen LogP contribution in [0.3, 0.4) is 0 Å². The molecule has 19 heavy (non-hydrogen) atoms. The standard InChI is InChI=1S/C14H19N3O2/c1-14(2,3)17-9-15-16-13(17)11-7-6-10(18-4)8-12(11)19-5/h6-9H,1-5H3. The van der Waals surface area contributed by atoms with Crippen molar-refractivity contribution >= 4 is 0 Å². The van der Waals surface area contributed by atoms with Crippen molar-refractivity contribution in [3.63, 3.8) is 0 Å². The van der Waals surface area contributed by atoms with Crippen molar-refractivity contribution in [2.45, 2.75) is 26.3 Å². The van der Waals surface area contributed by atoms with Crippen LogP contribution in [0.25, 0.3) is 11.4 Å². The maximum atomic E-state index is 5.42. The number of methoxy groups -OCH3 is 2. The van der Waals surface area contributed by atoms with E-state index >= 15 is 0 Å². The summed E-state index contributed by atoms with van der Waals surface area (Å²) >= 11 is 0.